The maximum atomic E-state index is 14.0. The van der Waals surface area contributed by atoms with E-state index in [2.05, 4.69) is 5.32 Å². The monoisotopic (exact) mass is 287 g/mol. The maximum Gasteiger partial charge on any atom is 0.296 e. The summed E-state index contributed by atoms with van der Waals surface area (Å²) in [5, 5.41) is 2.44. The number of amides is 1. The molecule has 1 heterocycles. The van der Waals surface area contributed by atoms with Gasteiger partial charge in [0.1, 0.15) is 5.82 Å². The minimum absolute atomic E-state index is 0.0979. The van der Waals surface area contributed by atoms with Crippen LogP contribution in [0.5, 0.6) is 0 Å². The van der Waals surface area contributed by atoms with Gasteiger partial charge in [-0.15, -0.1) is 0 Å². The van der Waals surface area contributed by atoms with E-state index in [4.69, 9.17) is 0 Å². The average molecular weight is 287 g/mol. The van der Waals surface area contributed by atoms with Crippen molar-refractivity contribution in [2.24, 2.45) is 0 Å². The molecular formula is C15H10FNO2S. The van der Waals surface area contributed by atoms with E-state index in [0.717, 1.165) is 16.5 Å². The third-order valence-corrected chi connectivity index (χ3v) is 4.06. The van der Waals surface area contributed by atoms with Crippen molar-refractivity contribution in [3.8, 4) is 0 Å². The predicted molar refractivity (Wildman–Crippen MR) is 74.7 cm³/mol. The molecule has 0 saturated carbocycles. The number of halogens is 1. The molecule has 2 aromatic rings. The zero-order valence-electron chi connectivity index (χ0n) is 10.6. The minimum Gasteiger partial charge on any atom is -0.318 e. The van der Waals surface area contributed by atoms with Crippen LogP contribution in [0.4, 0.5) is 10.1 Å². The fourth-order valence-electron chi connectivity index (χ4n) is 1.96. The lowest BCUT2D eigenvalue weighted by atomic mass is 10.1. The first-order valence-electron chi connectivity index (χ1n) is 5.98. The van der Waals surface area contributed by atoms with Gasteiger partial charge in [-0.2, -0.15) is 0 Å². The van der Waals surface area contributed by atoms with Crippen LogP contribution in [0.1, 0.15) is 15.9 Å². The van der Waals surface area contributed by atoms with Crippen LogP contribution in [0.25, 0.3) is 0 Å². The zero-order chi connectivity index (χ0) is 14.3. The highest BCUT2D eigenvalue weighted by molar-refractivity contribution is 7.99. The van der Waals surface area contributed by atoms with Crippen LogP contribution >= 0.6 is 11.8 Å². The van der Waals surface area contributed by atoms with E-state index in [1.165, 1.54) is 17.8 Å². The second-order valence-corrected chi connectivity index (χ2v) is 5.64. The Hall–Kier alpha value is -2.14. The highest BCUT2D eigenvalue weighted by Gasteiger charge is 2.29. The fraction of sp³-hybridized carbons (Fsp3) is 0.0667. The van der Waals surface area contributed by atoms with Crippen molar-refractivity contribution in [3.63, 3.8) is 0 Å². The number of fused-ring (bicyclic) bond motifs is 1. The Morgan fingerprint density at radius 1 is 1.10 bits per heavy atom. The quantitative estimate of drug-likeness (QED) is 0.861. The summed E-state index contributed by atoms with van der Waals surface area (Å²) in [7, 11) is 0. The van der Waals surface area contributed by atoms with E-state index in [1.54, 1.807) is 0 Å². The predicted octanol–water partition coefficient (Wildman–Crippen LogP) is 3.42. The Morgan fingerprint density at radius 3 is 2.50 bits per heavy atom. The lowest BCUT2D eigenvalue weighted by Gasteiger charge is -2.06. The Kier molecular flexibility index (Phi) is 3.06. The van der Waals surface area contributed by atoms with Crippen molar-refractivity contribution in [2.45, 2.75) is 16.7 Å². The van der Waals surface area contributed by atoms with Crippen LogP contribution in [-0.2, 0) is 4.79 Å². The highest BCUT2D eigenvalue weighted by Crippen LogP contribution is 2.35. The van der Waals surface area contributed by atoms with Gasteiger partial charge in [-0.05, 0) is 31.2 Å². The summed E-state index contributed by atoms with van der Waals surface area (Å²) in [6.07, 6.45) is 0. The van der Waals surface area contributed by atoms with E-state index in [0.29, 0.717) is 10.6 Å². The van der Waals surface area contributed by atoms with Crippen LogP contribution in [0.15, 0.2) is 46.2 Å². The van der Waals surface area contributed by atoms with E-state index in [1.807, 2.05) is 31.2 Å². The number of aryl methyl sites for hydroxylation is 1. The van der Waals surface area contributed by atoms with E-state index in [9.17, 15) is 14.0 Å². The number of hydrogen-bond acceptors (Lipinski definition) is 3. The summed E-state index contributed by atoms with van der Waals surface area (Å²) in [5.74, 6) is -1.90. The number of hydrogen-bond donors (Lipinski definition) is 1. The first-order valence-corrected chi connectivity index (χ1v) is 6.80. The number of ketones is 1. The van der Waals surface area contributed by atoms with Gasteiger partial charge < -0.3 is 5.32 Å². The molecule has 1 N–H and O–H groups in total. The van der Waals surface area contributed by atoms with Gasteiger partial charge in [-0.25, -0.2) is 4.39 Å². The summed E-state index contributed by atoms with van der Waals surface area (Å²) in [4.78, 5) is 24.0. The molecule has 0 atom stereocenters. The third kappa shape index (κ3) is 2.20. The van der Waals surface area contributed by atoms with Crippen LogP contribution in [0.3, 0.4) is 0 Å². The highest BCUT2D eigenvalue weighted by atomic mass is 32.2. The molecule has 0 aliphatic carbocycles. The third-order valence-electron chi connectivity index (χ3n) is 3.02. The lowest BCUT2D eigenvalue weighted by Crippen LogP contribution is -2.12. The van der Waals surface area contributed by atoms with Crippen molar-refractivity contribution < 1.29 is 14.0 Å². The summed E-state index contributed by atoms with van der Waals surface area (Å²) >= 11 is 1.25. The number of rotatable bonds is 2. The molecule has 3 nitrogen and oxygen atoms in total. The zero-order valence-corrected chi connectivity index (χ0v) is 11.4. The van der Waals surface area contributed by atoms with Gasteiger partial charge in [0.15, 0.2) is 0 Å². The molecule has 0 spiro atoms. The van der Waals surface area contributed by atoms with Gasteiger partial charge in [-0.3, -0.25) is 9.59 Å². The minimum atomic E-state index is -0.711. The van der Waals surface area contributed by atoms with Crippen molar-refractivity contribution >= 4 is 29.1 Å². The number of benzene rings is 2. The number of carbonyl (C=O) groups is 2. The molecule has 0 radical (unpaired) electrons. The molecule has 5 heteroatoms. The Bertz CT molecular complexity index is 725. The summed E-state index contributed by atoms with van der Waals surface area (Å²) in [6.45, 7) is 1.98. The number of nitrogens with one attached hydrogen (secondary N) is 1. The maximum absolute atomic E-state index is 14.0. The van der Waals surface area contributed by atoms with Crippen molar-refractivity contribution in [1.82, 2.24) is 0 Å². The summed E-state index contributed by atoms with van der Waals surface area (Å²) in [5.41, 5.74) is 1.60. The molecule has 1 aliphatic heterocycles. The first-order chi connectivity index (χ1) is 9.54. The van der Waals surface area contributed by atoms with Gasteiger partial charge in [0, 0.05) is 4.90 Å². The summed E-state index contributed by atoms with van der Waals surface area (Å²) < 4.78 is 14.0. The van der Waals surface area contributed by atoms with Gasteiger partial charge in [0.05, 0.1) is 16.1 Å². The number of carbonyl (C=O) groups excluding carboxylic acids is 2. The molecule has 3 rings (SSSR count). The van der Waals surface area contributed by atoms with Crippen molar-refractivity contribution in [1.29, 1.82) is 0 Å². The van der Waals surface area contributed by atoms with E-state index >= 15 is 0 Å². The van der Waals surface area contributed by atoms with Crippen molar-refractivity contribution in [2.75, 3.05) is 5.32 Å². The molecule has 0 bridgehead atoms. The Balaban J connectivity index is 1.96. The van der Waals surface area contributed by atoms with Crippen molar-refractivity contribution in [3.05, 3.63) is 53.3 Å². The van der Waals surface area contributed by atoms with Crippen LogP contribution < -0.4 is 5.32 Å². The van der Waals surface area contributed by atoms with Crippen LogP contribution in [0, 0.1) is 12.7 Å². The molecule has 2 aromatic carbocycles. The van der Waals surface area contributed by atoms with Gasteiger partial charge in [-0.1, -0.05) is 29.5 Å². The molecule has 0 aromatic heterocycles. The fourth-order valence-corrected chi connectivity index (χ4v) is 2.82. The molecule has 0 saturated heterocycles. The molecule has 1 amide bonds. The van der Waals surface area contributed by atoms with Gasteiger partial charge in [0.2, 0.25) is 0 Å². The Labute approximate surface area is 119 Å². The molecule has 20 heavy (non-hydrogen) atoms. The first kappa shape index (κ1) is 12.9. The molecule has 100 valence electrons. The smallest absolute Gasteiger partial charge is 0.296 e. The number of anilines is 1. The second-order valence-electron chi connectivity index (χ2n) is 4.53. The standard InChI is InChI=1S/C15H10FNO2S/c1-8-2-4-9(5-3-8)20-13-7-12-10(6-11(13)16)14(18)15(19)17-12/h2-7H,1H3,(H,17,18,19). The summed E-state index contributed by atoms with van der Waals surface area (Å²) in [6, 6.07) is 10.3. The van der Waals surface area contributed by atoms with Crippen LogP contribution in [-0.4, -0.2) is 11.7 Å². The van der Waals surface area contributed by atoms with E-state index < -0.39 is 17.5 Å². The molecule has 0 unspecified atom stereocenters. The lowest BCUT2D eigenvalue weighted by molar-refractivity contribution is -0.112. The normalized spacial score (nSPS) is 13.3. The SMILES string of the molecule is Cc1ccc(Sc2cc3c(cc2F)C(=O)C(=O)N3)cc1. The van der Waals surface area contributed by atoms with Gasteiger partial charge in [0.25, 0.3) is 11.7 Å². The average Bonchev–Trinajstić information content (AvgIpc) is 2.69. The van der Waals surface area contributed by atoms with Gasteiger partial charge >= 0.3 is 0 Å². The number of Topliss-reactive ketones (excluding diaryl/α,β-unsaturated/α-hetero) is 1. The molecular weight excluding hydrogens is 277 g/mol. The second kappa shape index (κ2) is 4.76. The van der Waals surface area contributed by atoms with E-state index in [-0.39, 0.29) is 5.56 Å². The Morgan fingerprint density at radius 2 is 1.80 bits per heavy atom. The largest absolute Gasteiger partial charge is 0.318 e. The van der Waals surface area contributed by atoms with Crippen LogP contribution in [0.2, 0.25) is 0 Å². The molecule has 0 fully saturated rings. The topological polar surface area (TPSA) is 46.2 Å². The molecule has 1 aliphatic rings.